The van der Waals surface area contributed by atoms with Gasteiger partial charge in [-0.25, -0.2) is 0 Å². The van der Waals surface area contributed by atoms with Crippen LogP contribution in [0.3, 0.4) is 0 Å². The second-order valence-corrected chi connectivity index (χ2v) is 4.30. The van der Waals surface area contributed by atoms with Crippen molar-refractivity contribution in [3.05, 3.63) is 41.0 Å². The third kappa shape index (κ3) is 0.899. The Balaban J connectivity index is 2.13. The van der Waals surface area contributed by atoms with Crippen molar-refractivity contribution in [1.82, 2.24) is 0 Å². The van der Waals surface area contributed by atoms with E-state index in [4.69, 9.17) is 4.74 Å². The Morgan fingerprint density at radius 1 is 1.29 bits per heavy atom. The molecule has 0 amide bonds. The second kappa shape index (κ2) is 2.63. The molecule has 0 fully saturated rings. The number of fused-ring (bicyclic) bond motifs is 5. The summed E-state index contributed by atoms with van der Waals surface area (Å²) in [5.74, 6) is 2.34. The summed E-state index contributed by atoms with van der Waals surface area (Å²) in [6, 6.07) is 6.50. The summed E-state index contributed by atoms with van der Waals surface area (Å²) in [4.78, 5) is 0. The van der Waals surface area contributed by atoms with Gasteiger partial charge in [-0.1, -0.05) is 17.7 Å². The lowest BCUT2D eigenvalue weighted by Gasteiger charge is -2.15. The molecular weight excluding hydrogens is 172 g/mol. The minimum absolute atomic E-state index is 0.671. The third-order valence-electron chi connectivity index (χ3n) is 3.57. The molecule has 1 nitrogen and oxygen atoms in total. The second-order valence-electron chi connectivity index (χ2n) is 4.30. The number of hydrogen-bond donors (Lipinski definition) is 0. The van der Waals surface area contributed by atoms with Crippen LogP contribution in [0.25, 0.3) is 0 Å². The minimum atomic E-state index is 0.671. The molecule has 0 saturated heterocycles. The van der Waals surface area contributed by atoms with Crippen LogP contribution in [0.5, 0.6) is 5.75 Å². The number of benzene rings is 1. The van der Waals surface area contributed by atoms with Gasteiger partial charge in [-0.15, -0.1) is 0 Å². The monoisotopic (exact) mass is 186 g/mol. The highest BCUT2D eigenvalue weighted by Gasteiger charge is 2.35. The topological polar surface area (TPSA) is 9.23 Å². The zero-order chi connectivity index (χ0) is 9.71. The summed E-state index contributed by atoms with van der Waals surface area (Å²) in [6.07, 6.45) is 3.70. The fraction of sp³-hybridized carbons (Fsp3) is 0.385. The summed E-state index contributed by atoms with van der Waals surface area (Å²) in [7, 11) is 1.73. The molecule has 72 valence electrons. The maximum Gasteiger partial charge on any atom is 0.119 e. The fourth-order valence-electron chi connectivity index (χ4n) is 2.85. The molecule has 14 heavy (non-hydrogen) atoms. The molecular formula is C13H14O. The maximum atomic E-state index is 5.26. The maximum absolute atomic E-state index is 5.26. The van der Waals surface area contributed by atoms with Gasteiger partial charge in [0.15, 0.2) is 0 Å². The normalized spacial score (nSPS) is 27.4. The van der Waals surface area contributed by atoms with E-state index in [-0.39, 0.29) is 0 Å². The average molecular weight is 186 g/mol. The Morgan fingerprint density at radius 2 is 2.14 bits per heavy atom. The Labute approximate surface area is 84.4 Å². The number of rotatable bonds is 1. The Kier molecular flexibility index (Phi) is 1.52. The first-order valence-corrected chi connectivity index (χ1v) is 5.15. The summed E-state index contributed by atoms with van der Waals surface area (Å²) < 4.78 is 5.26. The van der Waals surface area contributed by atoms with Gasteiger partial charge in [-0.3, -0.25) is 0 Å². The highest BCUT2D eigenvalue weighted by atomic mass is 16.5. The van der Waals surface area contributed by atoms with Gasteiger partial charge in [0.25, 0.3) is 0 Å². The number of hydrogen-bond acceptors (Lipinski definition) is 1. The molecule has 0 aromatic heterocycles. The van der Waals surface area contributed by atoms with Crippen molar-refractivity contribution in [3.8, 4) is 5.75 Å². The van der Waals surface area contributed by atoms with Gasteiger partial charge < -0.3 is 4.74 Å². The Morgan fingerprint density at radius 3 is 2.93 bits per heavy atom. The quantitative estimate of drug-likeness (QED) is 0.612. The molecule has 0 heterocycles. The molecule has 2 unspecified atom stereocenters. The van der Waals surface area contributed by atoms with Gasteiger partial charge in [0, 0.05) is 11.8 Å². The van der Waals surface area contributed by atoms with E-state index in [1.807, 2.05) is 0 Å². The number of ether oxygens (including phenoxy) is 1. The van der Waals surface area contributed by atoms with E-state index in [2.05, 4.69) is 31.2 Å². The van der Waals surface area contributed by atoms with Crippen molar-refractivity contribution in [2.75, 3.05) is 7.11 Å². The number of allylic oxidation sites excluding steroid dienone is 2. The van der Waals surface area contributed by atoms with Crippen molar-refractivity contribution in [1.29, 1.82) is 0 Å². The Bertz CT molecular complexity index is 417. The molecule has 2 aliphatic carbocycles. The summed E-state index contributed by atoms with van der Waals surface area (Å²) in [5.41, 5.74) is 4.55. The van der Waals surface area contributed by atoms with Gasteiger partial charge in [-0.05, 0) is 36.6 Å². The molecule has 0 aliphatic heterocycles. The van der Waals surface area contributed by atoms with Crippen LogP contribution < -0.4 is 4.74 Å². The van der Waals surface area contributed by atoms with Crippen LogP contribution in [0.1, 0.15) is 36.3 Å². The first kappa shape index (κ1) is 8.10. The van der Waals surface area contributed by atoms with Crippen LogP contribution in [0.15, 0.2) is 29.8 Å². The van der Waals surface area contributed by atoms with E-state index in [0.717, 1.165) is 5.75 Å². The van der Waals surface area contributed by atoms with Crippen LogP contribution in [-0.4, -0.2) is 7.11 Å². The van der Waals surface area contributed by atoms with Crippen LogP contribution in [0.4, 0.5) is 0 Å². The van der Waals surface area contributed by atoms with E-state index in [0.29, 0.717) is 11.8 Å². The van der Waals surface area contributed by atoms with E-state index in [1.54, 1.807) is 7.11 Å². The minimum Gasteiger partial charge on any atom is -0.497 e. The summed E-state index contributed by atoms with van der Waals surface area (Å²) >= 11 is 0. The standard InChI is InChI=1S/C13H14O/c1-8-5-9-6-12(8)13-7-10(14-2)3-4-11(9)13/h3-5,7,9,12H,6H2,1-2H3. The molecule has 0 N–H and O–H groups in total. The van der Waals surface area contributed by atoms with Gasteiger partial charge in [-0.2, -0.15) is 0 Å². The summed E-state index contributed by atoms with van der Waals surface area (Å²) in [5, 5.41) is 0. The third-order valence-corrected chi connectivity index (χ3v) is 3.57. The van der Waals surface area contributed by atoms with Crippen LogP contribution in [-0.2, 0) is 0 Å². The molecule has 0 spiro atoms. The van der Waals surface area contributed by atoms with Crippen LogP contribution >= 0.6 is 0 Å². The van der Waals surface area contributed by atoms with Crippen molar-refractivity contribution in [3.63, 3.8) is 0 Å². The van der Waals surface area contributed by atoms with E-state index in [9.17, 15) is 0 Å². The molecule has 2 atom stereocenters. The smallest absolute Gasteiger partial charge is 0.119 e. The van der Waals surface area contributed by atoms with Gasteiger partial charge >= 0.3 is 0 Å². The molecule has 2 bridgehead atoms. The number of methoxy groups -OCH3 is 1. The molecule has 1 aromatic carbocycles. The van der Waals surface area contributed by atoms with Crippen molar-refractivity contribution in [2.45, 2.75) is 25.2 Å². The summed E-state index contributed by atoms with van der Waals surface area (Å²) in [6.45, 7) is 2.24. The molecule has 3 rings (SSSR count). The highest BCUT2D eigenvalue weighted by molar-refractivity contribution is 5.52. The fourth-order valence-corrected chi connectivity index (χ4v) is 2.85. The molecule has 1 heteroatoms. The van der Waals surface area contributed by atoms with Gasteiger partial charge in [0.1, 0.15) is 5.75 Å². The predicted octanol–water partition coefficient (Wildman–Crippen LogP) is 3.23. The lowest BCUT2D eigenvalue weighted by Crippen LogP contribution is -1.97. The zero-order valence-electron chi connectivity index (χ0n) is 8.58. The van der Waals surface area contributed by atoms with Crippen LogP contribution in [0.2, 0.25) is 0 Å². The van der Waals surface area contributed by atoms with E-state index in [1.165, 1.54) is 23.1 Å². The largest absolute Gasteiger partial charge is 0.497 e. The Hall–Kier alpha value is -1.24. The van der Waals surface area contributed by atoms with E-state index < -0.39 is 0 Å². The van der Waals surface area contributed by atoms with Gasteiger partial charge in [0.05, 0.1) is 7.11 Å². The highest BCUT2D eigenvalue weighted by Crippen LogP contribution is 2.52. The SMILES string of the molecule is COc1ccc2c(c1)C1CC2C=C1C. The molecule has 0 saturated carbocycles. The molecule has 0 radical (unpaired) electrons. The van der Waals surface area contributed by atoms with E-state index >= 15 is 0 Å². The van der Waals surface area contributed by atoms with Crippen LogP contribution in [0, 0.1) is 0 Å². The molecule has 2 aliphatic rings. The lowest BCUT2D eigenvalue weighted by molar-refractivity contribution is 0.414. The predicted molar refractivity (Wildman–Crippen MR) is 56.9 cm³/mol. The van der Waals surface area contributed by atoms with Crippen molar-refractivity contribution < 1.29 is 4.74 Å². The van der Waals surface area contributed by atoms with Crippen molar-refractivity contribution in [2.24, 2.45) is 0 Å². The zero-order valence-corrected chi connectivity index (χ0v) is 8.58. The first-order chi connectivity index (χ1) is 6.79. The molecule has 1 aromatic rings. The lowest BCUT2D eigenvalue weighted by atomic mass is 9.92. The first-order valence-electron chi connectivity index (χ1n) is 5.15. The van der Waals surface area contributed by atoms with Gasteiger partial charge in [0.2, 0.25) is 0 Å². The van der Waals surface area contributed by atoms with Crippen molar-refractivity contribution >= 4 is 0 Å². The average Bonchev–Trinajstić information content (AvgIpc) is 2.74.